The van der Waals surface area contributed by atoms with E-state index in [-0.39, 0.29) is 12.0 Å². The molecule has 0 aliphatic heterocycles. The lowest BCUT2D eigenvalue weighted by atomic mass is 10.00. The first-order valence-electron chi connectivity index (χ1n) is 6.68. The van der Waals surface area contributed by atoms with Gasteiger partial charge in [0.05, 0.1) is 6.10 Å². The van der Waals surface area contributed by atoms with Gasteiger partial charge in [-0.1, -0.05) is 43.2 Å². The van der Waals surface area contributed by atoms with Crippen LogP contribution in [0.25, 0.3) is 0 Å². The molecule has 1 rings (SSSR count). The van der Waals surface area contributed by atoms with E-state index in [1.54, 1.807) is 12.1 Å². The molecule has 1 N–H and O–H groups in total. The van der Waals surface area contributed by atoms with E-state index in [4.69, 9.17) is 0 Å². The quantitative estimate of drug-likeness (QED) is 0.735. The molecule has 0 amide bonds. The van der Waals surface area contributed by atoms with Crippen molar-refractivity contribution in [2.24, 2.45) is 0 Å². The Morgan fingerprint density at radius 2 is 1.89 bits per heavy atom. The maximum absolute atomic E-state index is 13.8. The van der Waals surface area contributed by atoms with Gasteiger partial charge < -0.3 is 5.11 Å². The number of rotatable bonds is 6. The Kier molecular flexibility index (Phi) is 5.67. The van der Waals surface area contributed by atoms with E-state index < -0.39 is 12.0 Å². The molecule has 0 saturated heterocycles. The van der Waals surface area contributed by atoms with Crippen molar-refractivity contribution in [3.63, 3.8) is 0 Å². The fraction of sp³-hybridized carbons (Fsp3) is 0.500. The Morgan fingerprint density at radius 3 is 2.42 bits per heavy atom. The lowest BCUT2D eigenvalue weighted by Crippen LogP contribution is -2.18. The van der Waals surface area contributed by atoms with Gasteiger partial charge in [-0.15, -0.1) is 0 Å². The van der Waals surface area contributed by atoms with E-state index in [0.29, 0.717) is 12.0 Å². The SMILES string of the molecule is CCCCC(F)(F)/C(C)=C/C(O)c1ccc(C)cc1. The zero-order valence-corrected chi connectivity index (χ0v) is 11.8. The highest BCUT2D eigenvalue weighted by Crippen LogP contribution is 2.31. The van der Waals surface area contributed by atoms with Crippen molar-refractivity contribution < 1.29 is 13.9 Å². The van der Waals surface area contributed by atoms with Gasteiger partial charge in [0.15, 0.2) is 0 Å². The van der Waals surface area contributed by atoms with Crippen LogP contribution in [0.1, 0.15) is 50.3 Å². The van der Waals surface area contributed by atoms with Gasteiger partial charge in [0.1, 0.15) is 0 Å². The highest BCUT2D eigenvalue weighted by atomic mass is 19.3. The average molecular weight is 268 g/mol. The number of hydrogen-bond acceptors (Lipinski definition) is 1. The summed E-state index contributed by atoms with van der Waals surface area (Å²) in [6.07, 6.45) is 1.34. The summed E-state index contributed by atoms with van der Waals surface area (Å²) in [6.45, 7) is 5.21. The zero-order chi connectivity index (χ0) is 14.5. The third kappa shape index (κ3) is 4.75. The predicted molar refractivity (Wildman–Crippen MR) is 74.4 cm³/mol. The van der Waals surface area contributed by atoms with Crippen LogP contribution in [0.2, 0.25) is 0 Å². The summed E-state index contributed by atoms with van der Waals surface area (Å²) in [6, 6.07) is 7.23. The smallest absolute Gasteiger partial charge is 0.269 e. The van der Waals surface area contributed by atoms with Crippen molar-refractivity contribution in [3.8, 4) is 0 Å². The molecule has 3 heteroatoms. The van der Waals surface area contributed by atoms with Gasteiger partial charge in [-0.25, -0.2) is 8.78 Å². The van der Waals surface area contributed by atoms with Crippen LogP contribution < -0.4 is 0 Å². The van der Waals surface area contributed by atoms with Gasteiger partial charge in [0.25, 0.3) is 5.92 Å². The van der Waals surface area contributed by atoms with Gasteiger partial charge in [-0.05, 0) is 37.5 Å². The summed E-state index contributed by atoms with van der Waals surface area (Å²) in [4.78, 5) is 0. The highest BCUT2D eigenvalue weighted by Gasteiger charge is 2.30. The third-order valence-corrected chi connectivity index (χ3v) is 3.25. The number of halogens is 2. The van der Waals surface area contributed by atoms with Crippen molar-refractivity contribution in [3.05, 3.63) is 47.0 Å². The van der Waals surface area contributed by atoms with Crippen LogP contribution in [0.5, 0.6) is 0 Å². The van der Waals surface area contributed by atoms with Crippen LogP contribution in [-0.4, -0.2) is 11.0 Å². The number of aliphatic hydroxyl groups excluding tert-OH is 1. The number of aryl methyl sites for hydroxylation is 1. The second-order valence-corrected chi connectivity index (χ2v) is 5.01. The third-order valence-electron chi connectivity index (χ3n) is 3.25. The fourth-order valence-corrected chi connectivity index (χ4v) is 1.81. The minimum Gasteiger partial charge on any atom is -0.384 e. The highest BCUT2D eigenvalue weighted by molar-refractivity contribution is 5.27. The first kappa shape index (κ1) is 15.8. The predicted octanol–water partition coefficient (Wildman–Crippen LogP) is 4.80. The molecule has 1 aromatic rings. The van der Waals surface area contributed by atoms with E-state index >= 15 is 0 Å². The maximum Gasteiger partial charge on any atom is 0.269 e. The van der Waals surface area contributed by atoms with Gasteiger partial charge in [0.2, 0.25) is 0 Å². The number of allylic oxidation sites excluding steroid dienone is 1. The molecule has 0 aliphatic carbocycles. The second-order valence-electron chi connectivity index (χ2n) is 5.01. The van der Waals surface area contributed by atoms with Crippen LogP contribution in [0.4, 0.5) is 8.78 Å². The van der Waals surface area contributed by atoms with E-state index in [9.17, 15) is 13.9 Å². The molecule has 0 fully saturated rings. The van der Waals surface area contributed by atoms with Gasteiger partial charge in [-0.3, -0.25) is 0 Å². The molecule has 1 aromatic carbocycles. The van der Waals surface area contributed by atoms with Crippen molar-refractivity contribution in [2.75, 3.05) is 0 Å². The molecule has 0 radical (unpaired) electrons. The molecule has 0 spiro atoms. The lowest BCUT2D eigenvalue weighted by molar-refractivity contribution is 0.0283. The molecule has 1 atom stereocenters. The summed E-state index contributed by atoms with van der Waals surface area (Å²) < 4.78 is 27.5. The van der Waals surface area contributed by atoms with Crippen molar-refractivity contribution >= 4 is 0 Å². The minimum atomic E-state index is -2.83. The number of benzene rings is 1. The number of aliphatic hydroxyl groups is 1. The van der Waals surface area contributed by atoms with Crippen LogP contribution in [0.15, 0.2) is 35.9 Å². The summed E-state index contributed by atoms with van der Waals surface area (Å²) in [5.41, 5.74) is 1.65. The van der Waals surface area contributed by atoms with E-state index in [2.05, 4.69) is 0 Å². The molecule has 0 heterocycles. The van der Waals surface area contributed by atoms with Gasteiger partial charge >= 0.3 is 0 Å². The average Bonchev–Trinajstić information content (AvgIpc) is 2.37. The van der Waals surface area contributed by atoms with Crippen molar-refractivity contribution in [2.45, 2.75) is 52.1 Å². The zero-order valence-electron chi connectivity index (χ0n) is 11.8. The molecule has 19 heavy (non-hydrogen) atoms. The molecule has 1 unspecified atom stereocenters. The molecule has 0 bridgehead atoms. The summed E-state index contributed by atoms with van der Waals surface area (Å²) in [7, 11) is 0. The van der Waals surface area contributed by atoms with E-state index in [1.807, 2.05) is 26.0 Å². The largest absolute Gasteiger partial charge is 0.384 e. The van der Waals surface area contributed by atoms with Crippen LogP contribution in [0, 0.1) is 6.92 Å². The normalized spacial score (nSPS) is 14.5. The first-order chi connectivity index (χ1) is 8.86. The Hall–Kier alpha value is -1.22. The summed E-state index contributed by atoms with van der Waals surface area (Å²) >= 11 is 0. The molecule has 1 nitrogen and oxygen atoms in total. The second kappa shape index (κ2) is 6.80. The van der Waals surface area contributed by atoms with Crippen LogP contribution >= 0.6 is 0 Å². The molecule has 0 saturated carbocycles. The minimum absolute atomic E-state index is 0.0611. The number of hydrogen-bond donors (Lipinski definition) is 1. The summed E-state index contributed by atoms with van der Waals surface area (Å²) in [5.74, 6) is -2.83. The Labute approximate surface area is 114 Å². The molecular formula is C16H22F2O. The van der Waals surface area contributed by atoms with Gasteiger partial charge in [-0.2, -0.15) is 0 Å². The van der Waals surface area contributed by atoms with Crippen LogP contribution in [-0.2, 0) is 0 Å². The Bertz CT molecular complexity index is 421. The molecule has 106 valence electrons. The standard InChI is InChI=1S/C16H22F2O/c1-4-5-10-16(17,18)13(3)11-15(19)14-8-6-12(2)7-9-14/h6-9,11,15,19H,4-5,10H2,1-3H3/b13-11+. The topological polar surface area (TPSA) is 20.2 Å². The summed E-state index contributed by atoms with van der Waals surface area (Å²) in [5, 5.41) is 9.96. The number of unbranched alkanes of at least 4 members (excludes halogenated alkanes) is 1. The lowest BCUT2D eigenvalue weighted by Gasteiger charge is -2.18. The van der Waals surface area contributed by atoms with Crippen molar-refractivity contribution in [1.29, 1.82) is 0 Å². The molecular weight excluding hydrogens is 246 g/mol. The maximum atomic E-state index is 13.8. The van der Waals surface area contributed by atoms with Gasteiger partial charge in [0, 0.05) is 6.42 Å². The van der Waals surface area contributed by atoms with E-state index in [1.165, 1.54) is 13.0 Å². The first-order valence-corrected chi connectivity index (χ1v) is 6.68. The Morgan fingerprint density at radius 1 is 1.32 bits per heavy atom. The monoisotopic (exact) mass is 268 g/mol. The fourth-order valence-electron chi connectivity index (χ4n) is 1.81. The van der Waals surface area contributed by atoms with E-state index in [0.717, 1.165) is 12.0 Å². The van der Waals surface area contributed by atoms with Crippen LogP contribution in [0.3, 0.4) is 0 Å². The Balaban J connectivity index is 2.79. The number of alkyl halides is 2. The van der Waals surface area contributed by atoms with Crippen molar-refractivity contribution in [1.82, 2.24) is 0 Å². The molecule has 0 aliphatic rings. The molecule has 0 aromatic heterocycles.